The van der Waals surface area contributed by atoms with E-state index in [0.717, 1.165) is 17.7 Å². The van der Waals surface area contributed by atoms with Crippen LogP contribution in [0.3, 0.4) is 0 Å². The molecule has 6 heteroatoms. The average Bonchev–Trinajstić information content (AvgIpc) is 3.46. The summed E-state index contributed by atoms with van der Waals surface area (Å²) in [6.45, 7) is 4.46. The Morgan fingerprint density at radius 1 is 1.07 bits per heavy atom. The van der Waals surface area contributed by atoms with E-state index in [4.69, 9.17) is 14.4 Å². The van der Waals surface area contributed by atoms with Gasteiger partial charge in [0.25, 0.3) is 0 Å². The molecule has 0 N–H and O–H groups in total. The second kappa shape index (κ2) is 8.90. The summed E-state index contributed by atoms with van der Waals surface area (Å²) in [6.07, 6.45) is 1.05. The molecule has 3 rings (SSSR count). The first kappa shape index (κ1) is 20.6. The number of hydrogen-bond acceptors (Lipinski definition) is 6. The third-order valence-electron chi connectivity index (χ3n) is 5.44. The number of rotatable bonds is 8. The molecule has 0 saturated heterocycles. The number of esters is 1. The van der Waals surface area contributed by atoms with E-state index in [0.29, 0.717) is 11.5 Å². The van der Waals surface area contributed by atoms with Gasteiger partial charge in [0.2, 0.25) is 0 Å². The standard InChI is InChI=1S/C23H26N2O4/c1-16(20-14-23(20,2)18-11-6-5-7-12-18)24-29-15-17-10-8-9-13-19(17)21(25-28-4)22(26)27-3/h5-13,20H,14-15H2,1-4H3/t20-,23-/m0/s1. The molecular weight excluding hydrogens is 368 g/mol. The Labute approximate surface area is 171 Å². The summed E-state index contributed by atoms with van der Waals surface area (Å²) in [5, 5.41) is 8.15. The number of benzene rings is 2. The topological polar surface area (TPSA) is 69.5 Å². The Balaban J connectivity index is 1.70. The predicted molar refractivity (Wildman–Crippen MR) is 112 cm³/mol. The Bertz CT molecular complexity index is 923. The van der Waals surface area contributed by atoms with E-state index in [9.17, 15) is 4.79 Å². The Morgan fingerprint density at radius 3 is 2.45 bits per heavy atom. The van der Waals surface area contributed by atoms with Crippen LogP contribution in [-0.4, -0.2) is 31.6 Å². The summed E-state index contributed by atoms with van der Waals surface area (Å²) >= 11 is 0. The van der Waals surface area contributed by atoms with E-state index in [1.54, 1.807) is 6.07 Å². The molecule has 2 atom stereocenters. The third kappa shape index (κ3) is 4.47. The third-order valence-corrected chi connectivity index (χ3v) is 5.44. The summed E-state index contributed by atoms with van der Waals surface area (Å²) in [4.78, 5) is 22.5. The van der Waals surface area contributed by atoms with Gasteiger partial charge in [-0.05, 0) is 18.9 Å². The molecule has 1 saturated carbocycles. The van der Waals surface area contributed by atoms with Crippen LogP contribution in [0.4, 0.5) is 0 Å². The zero-order valence-electron chi connectivity index (χ0n) is 17.2. The molecule has 152 valence electrons. The zero-order valence-corrected chi connectivity index (χ0v) is 17.2. The minimum atomic E-state index is -0.574. The lowest BCUT2D eigenvalue weighted by molar-refractivity contribution is -0.132. The molecule has 2 aromatic carbocycles. The molecule has 6 nitrogen and oxygen atoms in total. The minimum absolute atomic E-state index is 0.0914. The van der Waals surface area contributed by atoms with Crippen molar-refractivity contribution in [1.29, 1.82) is 0 Å². The lowest BCUT2D eigenvalue weighted by Crippen LogP contribution is -2.19. The second-order valence-corrected chi connectivity index (χ2v) is 7.32. The van der Waals surface area contributed by atoms with Crippen molar-refractivity contribution in [2.24, 2.45) is 16.2 Å². The van der Waals surface area contributed by atoms with Gasteiger partial charge in [0.15, 0.2) is 5.71 Å². The molecule has 0 unspecified atom stereocenters. The monoisotopic (exact) mass is 394 g/mol. The molecule has 1 aliphatic rings. The number of ether oxygens (including phenoxy) is 1. The van der Waals surface area contributed by atoms with Crippen molar-refractivity contribution in [3.05, 3.63) is 71.3 Å². The number of nitrogens with zero attached hydrogens (tertiary/aromatic N) is 2. The smallest absolute Gasteiger partial charge is 0.360 e. The molecule has 0 aliphatic heterocycles. The molecule has 0 amide bonds. The molecule has 0 heterocycles. The van der Waals surface area contributed by atoms with E-state index in [1.165, 1.54) is 19.8 Å². The summed E-state index contributed by atoms with van der Waals surface area (Å²) in [5.74, 6) is -0.212. The van der Waals surface area contributed by atoms with Gasteiger partial charge in [0.05, 0.1) is 12.8 Å². The van der Waals surface area contributed by atoms with Crippen LogP contribution in [-0.2, 0) is 31.2 Å². The van der Waals surface area contributed by atoms with Crippen molar-refractivity contribution in [2.75, 3.05) is 14.2 Å². The number of hydrogen-bond donors (Lipinski definition) is 0. The van der Waals surface area contributed by atoms with Gasteiger partial charge in [-0.1, -0.05) is 71.8 Å². The van der Waals surface area contributed by atoms with E-state index in [-0.39, 0.29) is 17.7 Å². The Kier molecular flexibility index (Phi) is 6.32. The van der Waals surface area contributed by atoms with Gasteiger partial charge in [-0.3, -0.25) is 0 Å². The van der Waals surface area contributed by atoms with Crippen molar-refractivity contribution in [3.63, 3.8) is 0 Å². The van der Waals surface area contributed by atoms with Gasteiger partial charge >= 0.3 is 5.97 Å². The van der Waals surface area contributed by atoms with Crippen LogP contribution in [0.15, 0.2) is 64.9 Å². The van der Waals surface area contributed by atoms with E-state index in [2.05, 4.69) is 41.5 Å². The molecule has 0 spiro atoms. The fourth-order valence-corrected chi connectivity index (χ4v) is 3.64. The van der Waals surface area contributed by atoms with Gasteiger partial charge < -0.3 is 14.4 Å². The maximum atomic E-state index is 12.0. The number of methoxy groups -OCH3 is 1. The van der Waals surface area contributed by atoms with Crippen LogP contribution in [0.5, 0.6) is 0 Å². The quantitative estimate of drug-likeness (QED) is 0.384. The molecule has 0 bridgehead atoms. The first-order valence-corrected chi connectivity index (χ1v) is 9.51. The maximum absolute atomic E-state index is 12.0. The van der Waals surface area contributed by atoms with Gasteiger partial charge in [-0.2, -0.15) is 0 Å². The van der Waals surface area contributed by atoms with E-state index >= 15 is 0 Å². The highest BCUT2D eigenvalue weighted by molar-refractivity contribution is 6.43. The van der Waals surface area contributed by atoms with Crippen LogP contribution < -0.4 is 0 Å². The minimum Gasteiger partial charge on any atom is -0.464 e. The molecule has 2 aromatic rings. The van der Waals surface area contributed by atoms with Crippen LogP contribution in [0.1, 0.15) is 37.0 Å². The van der Waals surface area contributed by atoms with Gasteiger partial charge in [0, 0.05) is 22.5 Å². The van der Waals surface area contributed by atoms with Crippen LogP contribution in [0, 0.1) is 5.92 Å². The predicted octanol–water partition coefficient (Wildman–Crippen LogP) is 4.08. The number of carbonyl (C=O) groups excluding carboxylic acids is 1. The van der Waals surface area contributed by atoms with Gasteiger partial charge in [-0.15, -0.1) is 0 Å². The molecule has 0 aromatic heterocycles. The van der Waals surface area contributed by atoms with Gasteiger partial charge in [0.1, 0.15) is 13.7 Å². The highest BCUT2D eigenvalue weighted by Gasteiger charge is 2.52. The fourth-order valence-electron chi connectivity index (χ4n) is 3.64. The van der Waals surface area contributed by atoms with Crippen molar-refractivity contribution in [2.45, 2.75) is 32.3 Å². The average molecular weight is 394 g/mol. The number of carbonyl (C=O) groups is 1. The van der Waals surface area contributed by atoms with Gasteiger partial charge in [-0.25, -0.2) is 4.79 Å². The van der Waals surface area contributed by atoms with Crippen LogP contribution in [0.2, 0.25) is 0 Å². The second-order valence-electron chi connectivity index (χ2n) is 7.32. The lowest BCUT2D eigenvalue weighted by atomic mass is 9.94. The van der Waals surface area contributed by atoms with Crippen molar-refractivity contribution < 1.29 is 19.2 Å². The lowest BCUT2D eigenvalue weighted by Gasteiger charge is -2.12. The first-order chi connectivity index (χ1) is 14.0. The molecule has 0 radical (unpaired) electrons. The number of oxime groups is 2. The SMILES string of the molecule is CON=C(C(=O)OC)c1ccccc1CON=C(C)[C@@H]1C[C@@]1(C)c1ccccc1. The fraction of sp³-hybridized carbons (Fsp3) is 0.348. The van der Waals surface area contributed by atoms with Crippen LogP contribution in [0.25, 0.3) is 0 Å². The first-order valence-electron chi connectivity index (χ1n) is 9.51. The van der Waals surface area contributed by atoms with E-state index in [1.807, 2.05) is 31.2 Å². The molecule has 1 fully saturated rings. The largest absolute Gasteiger partial charge is 0.464 e. The van der Waals surface area contributed by atoms with Crippen molar-refractivity contribution >= 4 is 17.4 Å². The Hall–Kier alpha value is -3.15. The summed E-state index contributed by atoms with van der Waals surface area (Å²) in [7, 11) is 2.69. The maximum Gasteiger partial charge on any atom is 0.360 e. The zero-order chi connectivity index (χ0) is 20.9. The highest BCUT2D eigenvalue weighted by Crippen LogP contribution is 2.54. The summed E-state index contributed by atoms with van der Waals surface area (Å²) in [6, 6.07) is 17.8. The van der Waals surface area contributed by atoms with Crippen molar-refractivity contribution in [3.8, 4) is 0 Å². The normalized spacial score (nSPS) is 21.4. The molecule has 1 aliphatic carbocycles. The Morgan fingerprint density at radius 2 is 1.76 bits per heavy atom. The molecular formula is C23H26N2O4. The van der Waals surface area contributed by atoms with E-state index < -0.39 is 5.97 Å². The van der Waals surface area contributed by atoms with Crippen molar-refractivity contribution in [1.82, 2.24) is 0 Å². The molecule has 29 heavy (non-hydrogen) atoms. The van der Waals surface area contributed by atoms with Crippen LogP contribution >= 0.6 is 0 Å². The summed E-state index contributed by atoms with van der Waals surface area (Å²) in [5.41, 5.74) is 3.85. The highest BCUT2D eigenvalue weighted by atomic mass is 16.6. The summed E-state index contributed by atoms with van der Waals surface area (Å²) < 4.78 is 4.80.